The summed E-state index contributed by atoms with van der Waals surface area (Å²) in [4.78, 5) is 19.2. The Balaban J connectivity index is 1.42. The minimum Gasteiger partial charge on any atom is -0.491 e. The van der Waals surface area contributed by atoms with Gasteiger partial charge in [0.25, 0.3) is 10.1 Å². The third-order valence-corrected chi connectivity index (χ3v) is 7.63. The van der Waals surface area contributed by atoms with Gasteiger partial charge in [-0.3, -0.25) is 9.08 Å². The maximum atomic E-state index is 12.3. The van der Waals surface area contributed by atoms with Crippen LogP contribution in [-0.2, 0) is 28.5 Å². The van der Waals surface area contributed by atoms with Gasteiger partial charge in [-0.05, 0) is 81.8 Å². The summed E-state index contributed by atoms with van der Waals surface area (Å²) in [5, 5.41) is 1.05. The number of hydrogen-bond acceptors (Lipinski definition) is 10. The van der Waals surface area contributed by atoms with Gasteiger partial charge in [0.15, 0.2) is 6.29 Å². The van der Waals surface area contributed by atoms with Crippen LogP contribution in [0, 0.1) is 0 Å². The lowest BCUT2D eigenvalue weighted by atomic mass is 10.2. The zero-order valence-corrected chi connectivity index (χ0v) is 25.0. The summed E-state index contributed by atoms with van der Waals surface area (Å²) < 4.78 is 52.0. The first-order valence-corrected chi connectivity index (χ1v) is 15.7. The van der Waals surface area contributed by atoms with Gasteiger partial charge in [0.05, 0.1) is 12.9 Å². The average Bonchev–Trinajstić information content (AvgIpc) is 3.32. The maximum Gasteiger partial charge on any atom is 0.415 e. The number of pyridine rings is 1. The van der Waals surface area contributed by atoms with Crippen LogP contribution in [0.25, 0.3) is 20.5 Å². The Morgan fingerprint density at radius 2 is 1.98 bits per heavy atom. The van der Waals surface area contributed by atoms with Crippen molar-refractivity contribution in [3.8, 4) is 16.2 Å². The Morgan fingerprint density at radius 1 is 1.18 bits per heavy atom. The largest absolute Gasteiger partial charge is 0.491 e. The van der Waals surface area contributed by atoms with Crippen molar-refractivity contribution >= 4 is 43.5 Å². The Hall–Kier alpha value is -2.77. The third kappa shape index (κ3) is 8.87. The highest BCUT2D eigenvalue weighted by Crippen LogP contribution is 2.35. The molecule has 0 saturated carbocycles. The fourth-order valence-electron chi connectivity index (χ4n) is 3.95. The number of carbonyl (C=O) groups excluding carboxylic acids is 1. The summed E-state index contributed by atoms with van der Waals surface area (Å²) in [6.07, 6.45) is 3.96. The zero-order valence-electron chi connectivity index (χ0n) is 23.4. The molecule has 0 spiro atoms. The minimum absolute atomic E-state index is 0.107. The van der Waals surface area contributed by atoms with Crippen LogP contribution < -0.4 is 9.64 Å². The Kier molecular flexibility index (Phi) is 9.68. The molecule has 1 amide bonds. The zero-order chi connectivity index (χ0) is 28.9. The predicted molar refractivity (Wildman–Crippen MR) is 154 cm³/mol. The van der Waals surface area contributed by atoms with Crippen molar-refractivity contribution in [2.45, 2.75) is 58.0 Å². The third-order valence-electron chi connectivity index (χ3n) is 5.92. The number of amides is 1. The van der Waals surface area contributed by atoms with E-state index in [0.29, 0.717) is 18.2 Å². The van der Waals surface area contributed by atoms with Crippen molar-refractivity contribution in [3.63, 3.8) is 0 Å². The second-order valence-electron chi connectivity index (χ2n) is 10.6. The Bertz CT molecular complexity index is 1390. The number of hydrogen-bond donors (Lipinski definition) is 0. The molecule has 4 rings (SSSR count). The van der Waals surface area contributed by atoms with Crippen LogP contribution in [0.5, 0.6) is 5.75 Å². The van der Waals surface area contributed by atoms with Crippen molar-refractivity contribution in [2.24, 2.45) is 0 Å². The molecule has 1 unspecified atom stereocenters. The highest BCUT2D eigenvalue weighted by Gasteiger charge is 2.23. The molecule has 218 valence electrons. The molecular formula is C28H36N2O8S2. The van der Waals surface area contributed by atoms with Crippen molar-refractivity contribution in [1.82, 2.24) is 4.98 Å². The molecule has 12 heteroatoms. The summed E-state index contributed by atoms with van der Waals surface area (Å²) in [5.41, 5.74) is 0.330. The molecule has 1 saturated heterocycles. The Morgan fingerprint density at radius 3 is 2.62 bits per heavy atom. The van der Waals surface area contributed by atoms with Gasteiger partial charge < -0.3 is 18.9 Å². The van der Waals surface area contributed by atoms with E-state index < -0.39 is 34.2 Å². The number of fused-ring (bicyclic) bond motifs is 1. The monoisotopic (exact) mass is 592 g/mol. The molecule has 1 fully saturated rings. The van der Waals surface area contributed by atoms with Crippen molar-refractivity contribution < 1.29 is 36.3 Å². The fraction of sp³-hybridized carbons (Fsp3) is 0.500. The van der Waals surface area contributed by atoms with E-state index in [9.17, 15) is 13.2 Å². The highest BCUT2D eigenvalue weighted by molar-refractivity contribution is 7.85. The van der Waals surface area contributed by atoms with E-state index in [4.69, 9.17) is 23.1 Å². The molecule has 40 heavy (non-hydrogen) atoms. The first-order valence-electron chi connectivity index (χ1n) is 13.1. The number of thiophene rings is 1. The Labute approximate surface area is 239 Å². The number of benzene rings is 1. The normalized spacial score (nSPS) is 17.0. The van der Waals surface area contributed by atoms with E-state index in [2.05, 4.69) is 11.1 Å². The summed E-state index contributed by atoms with van der Waals surface area (Å²) in [5.74, 6) is 1.12. The van der Waals surface area contributed by atoms with Crippen LogP contribution in [0.3, 0.4) is 0 Å². The molecule has 1 aliphatic heterocycles. The second kappa shape index (κ2) is 12.8. The van der Waals surface area contributed by atoms with Crippen LogP contribution in [0.15, 0.2) is 42.6 Å². The van der Waals surface area contributed by atoms with Crippen LogP contribution in [-0.4, -0.2) is 70.6 Å². The summed E-state index contributed by atoms with van der Waals surface area (Å²) in [6.45, 7) is 6.02. The van der Waals surface area contributed by atoms with Crippen LogP contribution >= 0.6 is 11.3 Å². The van der Waals surface area contributed by atoms with E-state index in [-0.39, 0.29) is 13.2 Å². The first kappa shape index (κ1) is 30.2. The molecule has 0 N–H and O–H groups in total. The van der Waals surface area contributed by atoms with E-state index in [0.717, 1.165) is 46.0 Å². The fourth-order valence-corrected chi connectivity index (χ4v) is 5.43. The number of nitrogens with zero attached hydrogens (tertiary/aromatic N) is 2. The SMILES string of the molecule is CN(C(=O)OC(C)(C)C)c1ccc(-c2cc3ccc(OCC(COS(C)(=O)=O)O[C@@H]4CCCCO4)cc3s2)cn1. The molecule has 0 aliphatic carbocycles. The van der Waals surface area contributed by atoms with E-state index in [1.54, 1.807) is 30.6 Å². The standard InChI is InChI=1S/C28H36N2O8S2/c1-28(2,3)38-27(31)30(4)25-12-10-20(16-29-25)23-14-19-9-11-21(15-24(19)39-23)35-17-22(18-36-40(5,32)33)37-26-8-6-7-13-34-26/h9-12,14-16,22,26H,6-8,13,17-18H2,1-5H3/t22?,26-/m1/s1. The van der Waals surface area contributed by atoms with Gasteiger partial charge in [0.1, 0.15) is 29.9 Å². The highest BCUT2D eigenvalue weighted by atomic mass is 32.2. The van der Waals surface area contributed by atoms with Gasteiger partial charge >= 0.3 is 6.09 Å². The van der Waals surface area contributed by atoms with Crippen LogP contribution in [0.1, 0.15) is 40.0 Å². The number of carbonyl (C=O) groups is 1. The van der Waals surface area contributed by atoms with Gasteiger partial charge in [0.2, 0.25) is 0 Å². The van der Waals surface area contributed by atoms with Gasteiger partial charge in [-0.1, -0.05) is 0 Å². The first-order chi connectivity index (χ1) is 18.9. The molecule has 3 aromatic rings. The van der Waals surface area contributed by atoms with E-state index in [1.807, 2.05) is 45.0 Å². The summed E-state index contributed by atoms with van der Waals surface area (Å²) in [7, 11) is -1.99. The molecule has 0 bridgehead atoms. The molecule has 0 radical (unpaired) electrons. The van der Waals surface area contributed by atoms with Gasteiger partial charge in [-0.2, -0.15) is 8.42 Å². The van der Waals surface area contributed by atoms with E-state index >= 15 is 0 Å². The van der Waals surface area contributed by atoms with Gasteiger partial charge in [-0.15, -0.1) is 11.3 Å². The average molecular weight is 593 g/mol. The second-order valence-corrected chi connectivity index (χ2v) is 13.3. The molecule has 10 nitrogen and oxygen atoms in total. The van der Waals surface area contributed by atoms with Crippen molar-refractivity contribution in [1.29, 1.82) is 0 Å². The minimum atomic E-state index is -3.62. The molecule has 2 aromatic heterocycles. The van der Waals surface area contributed by atoms with Crippen molar-refractivity contribution in [2.75, 3.05) is 38.0 Å². The number of aromatic nitrogens is 1. The quantitative estimate of drug-likeness (QED) is 0.278. The van der Waals surface area contributed by atoms with Gasteiger partial charge in [-0.25, -0.2) is 9.78 Å². The number of rotatable bonds is 10. The molecule has 1 aliphatic rings. The molecule has 2 atom stereocenters. The lowest BCUT2D eigenvalue weighted by Crippen LogP contribution is -2.35. The maximum absolute atomic E-state index is 12.3. The number of anilines is 1. The molecular weight excluding hydrogens is 556 g/mol. The number of ether oxygens (including phenoxy) is 4. The lowest BCUT2D eigenvalue weighted by molar-refractivity contribution is -0.198. The van der Waals surface area contributed by atoms with Gasteiger partial charge in [0, 0.05) is 35.0 Å². The van der Waals surface area contributed by atoms with Crippen LogP contribution in [0.2, 0.25) is 0 Å². The van der Waals surface area contributed by atoms with Crippen LogP contribution in [0.4, 0.5) is 10.6 Å². The van der Waals surface area contributed by atoms with Crippen molar-refractivity contribution in [3.05, 3.63) is 42.6 Å². The predicted octanol–water partition coefficient (Wildman–Crippen LogP) is 5.60. The smallest absolute Gasteiger partial charge is 0.415 e. The van der Waals surface area contributed by atoms with E-state index in [1.165, 1.54) is 4.90 Å². The molecule has 1 aromatic carbocycles. The topological polar surface area (TPSA) is 113 Å². The lowest BCUT2D eigenvalue weighted by Gasteiger charge is -2.27. The summed E-state index contributed by atoms with van der Waals surface area (Å²) in [6, 6.07) is 11.5. The molecule has 3 heterocycles. The summed E-state index contributed by atoms with van der Waals surface area (Å²) >= 11 is 1.59.